The van der Waals surface area contributed by atoms with Gasteiger partial charge in [-0.05, 0) is 28.9 Å². The average Bonchev–Trinajstić information content (AvgIpc) is 2.54. The molecule has 0 saturated heterocycles. The van der Waals surface area contributed by atoms with Crippen molar-refractivity contribution in [3.8, 4) is 5.75 Å². The Bertz CT molecular complexity index is 934. The number of hydrogen-bond donors (Lipinski definition) is 1. The highest BCUT2D eigenvalue weighted by atomic mass is 35.5. The highest BCUT2D eigenvalue weighted by Gasteiger charge is 2.17. The van der Waals surface area contributed by atoms with E-state index in [0.29, 0.717) is 15.9 Å². The van der Waals surface area contributed by atoms with Crippen LogP contribution in [0.2, 0.25) is 5.02 Å². The van der Waals surface area contributed by atoms with E-state index in [9.17, 15) is 14.8 Å². The summed E-state index contributed by atoms with van der Waals surface area (Å²) in [6.07, 6.45) is 0. The van der Waals surface area contributed by atoms with Crippen molar-refractivity contribution >= 4 is 28.2 Å². The van der Waals surface area contributed by atoms with Gasteiger partial charge in [-0.3, -0.25) is 4.79 Å². The Kier molecular flexibility index (Phi) is 3.65. The smallest absolute Gasteiger partial charge is 0.284 e. The van der Waals surface area contributed by atoms with E-state index >= 15 is 0 Å². The molecule has 6 heteroatoms. The number of fused-ring (bicyclic) bond motifs is 1. The lowest BCUT2D eigenvalue weighted by Gasteiger charge is -2.13. The third kappa shape index (κ3) is 2.25. The molecule has 3 rings (SSSR count). The molecule has 0 atom stereocenters. The van der Waals surface area contributed by atoms with Crippen LogP contribution in [0.1, 0.15) is 5.56 Å². The summed E-state index contributed by atoms with van der Waals surface area (Å²) in [5, 5.41) is 13.6. The predicted molar refractivity (Wildman–Crippen MR) is 85.9 cm³/mol. The van der Waals surface area contributed by atoms with E-state index in [-0.39, 0.29) is 6.54 Å². The molecule has 22 heavy (non-hydrogen) atoms. The number of hydrogen-bond acceptors (Lipinski definition) is 4. The molecule has 0 unspecified atom stereocenters. The molecule has 0 aliphatic rings. The van der Waals surface area contributed by atoms with Gasteiger partial charge in [0.1, 0.15) is 0 Å². The van der Waals surface area contributed by atoms with Crippen molar-refractivity contribution in [3.05, 3.63) is 74.4 Å². The molecule has 0 spiro atoms. The first-order chi connectivity index (χ1) is 10.6. The first-order valence-electron chi connectivity index (χ1n) is 6.54. The first-order valence-corrected chi connectivity index (χ1v) is 6.92. The van der Waals surface area contributed by atoms with Crippen molar-refractivity contribution < 1.29 is 5.11 Å². The summed E-state index contributed by atoms with van der Waals surface area (Å²) in [6.45, 7) is 0.182. The highest BCUT2D eigenvalue weighted by Crippen LogP contribution is 2.31. The maximum absolute atomic E-state index is 12.4. The summed E-state index contributed by atoms with van der Waals surface area (Å²) < 4.78 is 1.38. The lowest BCUT2D eigenvalue weighted by Crippen LogP contribution is -2.21. The van der Waals surface area contributed by atoms with Gasteiger partial charge in [-0.2, -0.15) is 0 Å². The van der Waals surface area contributed by atoms with E-state index < -0.39 is 17.0 Å². The third-order valence-electron chi connectivity index (χ3n) is 3.50. The average molecular weight is 315 g/mol. The van der Waals surface area contributed by atoms with Crippen molar-refractivity contribution in [3.63, 3.8) is 0 Å². The highest BCUT2D eigenvalue weighted by molar-refractivity contribution is 6.31. The zero-order chi connectivity index (χ0) is 15.7. The van der Waals surface area contributed by atoms with E-state index in [0.717, 1.165) is 5.56 Å². The Morgan fingerprint density at radius 3 is 2.50 bits per heavy atom. The Balaban J connectivity index is 2.31. The minimum atomic E-state index is -0.647. The van der Waals surface area contributed by atoms with E-state index in [1.165, 1.54) is 4.57 Å². The molecule has 110 valence electrons. The zero-order valence-electron chi connectivity index (χ0n) is 11.4. The number of nitrogens with zero attached hydrogens (tertiary/aromatic N) is 2. The van der Waals surface area contributed by atoms with E-state index in [4.69, 9.17) is 11.6 Å². The van der Waals surface area contributed by atoms with Gasteiger partial charge in [-0.15, -0.1) is 4.91 Å². The summed E-state index contributed by atoms with van der Waals surface area (Å²) in [6, 6.07) is 13.9. The molecule has 0 aliphatic carbocycles. The second-order valence-electron chi connectivity index (χ2n) is 4.79. The lowest BCUT2D eigenvalue weighted by molar-refractivity contribution is 0.480. The van der Waals surface area contributed by atoms with Crippen molar-refractivity contribution in [2.75, 3.05) is 0 Å². The summed E-state index contributed by atoms with van der Waals surface area (Å²) in [4.78, 5) is 23.3. The predicted octanol–water partition coefficient (Wildman–Crippen LogP) is 3.81. The van der Waals surface area contributed by atoms with Crippen LogP contribution in [0.5, 0.6) is 5.75 Å². The molecule has 1 N–H and O–H groups in total. The van der Waals surface area contributed by atoms with Crippen LogP contribution in [-0.4, -0.2) is 9.67 Å². The van der Waals surface area contributed by atoms with Gasteiger partial charge in [-0.1, -0.05) is 41.9 Å². The van der Waals surface area contributed by atoms with Crippen LogP contribution >= 0.6 is 11.6 Å². The Morgan fingerprint density at radius 2 is 1.77 bits per heavy atom. The second-order valence-corrected chi connectivity index (χ2v) is 5.20. The molecule has 1 aromatic heterocycles. The molecule has 5 nitrogen and oxygen atoms in total. The third-order valence-corrected chi connectivity index (χ3v) is 3.87. The van der Waals surface area contributed by atoms with Crippen LogP contribution in [0.3, 0.4) is 0 Å². The molecule has 0 bridgehead atoms. The van der Waals surface area contributed by atoms with Gasteiger partial charge in [0, 0.05) is 10.4 Å². The molecule has 3 aromatic rings. The first kappa shape index (κ1) is 14.3. The van der Waals surface area contributed by atoms with E-state index in [1.807, 2.05) is 6.07 Å². The molecular weight excluding hydrogens is 304 g/mol. The van der Waals surface area contributed by atoms with Crippen molar-refractivity contribution in [1.82, 2.24) is 4.57 Å². The molecule has 0 aliphatic heterocycles. The Morgan fingerprint density at radius 1 is 1.09 bits per heavy atom. The number of para-hydroxylation sites is 1. The maximum atomic E-state index is 12.4. The van der Waals surface area contributed by atoms with Crippen LogP contribution in [-0.2, 0) is 6.54 Å². The molecule has 0 radical (unpaired) electrons. The van der Waals surface area contributed by atoms with Gasteiger partial charge in [0.25, 0.3) is 5.56 Å². The molecule has 1 heterocycles. The van der Waals surface area contributed by atoms with Gasteiger partial charge >= 0.3 is 0 Å². The summed E-state index contributed by atoms with van der Waals surface area (Å²) in [5.74, 6) is -0.397. The number of rotatable bonds is 3. The van der Waals surface area contributed by atoms with E-state index in [2.05, 4.69) is 5.18 Å². The van der Waals surface area contributed by atoms with Gasteiger partial charge < -0.3 is 9.67 Å². The quantitative estimate of drug-likeness (QED) is 0.747. The van der Waals surface area contributed by atoms with Gasteiger partial charge in [-0.25, -0.2) is 0 Å². The number of halogens is 1. The van der Waals surface area contributed by atoms with Crippen LogP contribution < -0.4 is 5.56 Å². The van der Waals surface area contributed by atoms with Crippen LogP contribution in [0.4, 0.5) is 5.69 Å². The van der Waals surface area contributed by atoms with Crippen molar-refractivity contribution in [2.45, 2.75) is 6.54 Å². The Hall–Kier alpha value is -2.66. The standard InChI is InChI=1S/C16H11ClN2O3/c17-12-7-3-1-5-10(12)9-19-13-8-4-2-6-11(13)15(20)14(18-22)16(19)21/h1-8,20H,9H2. The molecule has 0 amide bonds. The fourth-order valence-corrected chi connectivity index (χ4v) is 2.61. The van der Waals surface area contributed by atoms with Crippen LogP contribution in [0.15, 0.2) is 58.5 Å². The van der Waals surface area contributed by atoms with Crippen LogP contribution in [0, 0.1) is 4.91 Å². The van der Waals surface area contributed by atoms with E-state index in [1.54, 1.807) is 42.5 Å². The molecule has 0 saturated carbocycles. The summed E-state index contributed by atoms with van der Waals surface area (Å²) in [5.41, 5.74) is 0.105. The molecular formula is C16H11ClN2O3. The summed E-state index contributed by atoms with van der Waals surface area (Å²) in [7, 11) is 0. The van der Waals surface area contributed by atoms with Gasteiger partial charge in [0.05, 0.1) is 12.1 Å². The topological polar surface area (TPSA) is 71.7 Å². The van der Waals surface area contributed by atoms with Crippen molar-refractivity contribution in [2.24, 2.45) is 5.18 Å². The van der Waals surface area contributed by atoms with Crippen LogP contribution in [0.25, 0.3) is 10.9 Å². The maximum Gasteiger partial charge on any atom is 0.284 e. The summed E-state index contributed by atoms with van der Waals surface area (Å²) >= 11 is 6.13. The molecule has 2 aromatic carbocycles. The molecule has 0 fully saturated rings. The SMILES string of the molecule is O=Nc1c(O)c2ccccc2n(Cc2ccccc2Cl)c1=O. The largest absolute Gasteiger partial charge is 0.505 e. The van der Waals surface area contributed by atoms with Gasteiger partial charge in [0.2, 0.25) is 5.69 Å². The Labute approximate surface area is 130 Å². The minimum Gasteiger partial charge on any atom is -0.505 e. The normalized spacial score (nSPS) is 10.8. The number of benzene rings is 2. The number of pyridine rings is 1. The number of aromatic hydroxyl groups is 1. The van der Waals surface area contributed by atoms with Crippen molar-refractivity contribution in [1.29, 1.82) is 0 Å². The fraction of sp³-hybridized carbons (Fsp3) is 0.0625. The second kappa shape index (κ2) is 5.61. The lowest BCUT2D eigenvalue weighted by atomic mass is 10.1. The fourth-order valence-electron chi connectivity index (χ4n) is 2.41. The minimum absolute atomic E-state index is 0.182. The van der Waals surface area contributed by atoms with Gasteiger partial charge in [0.15, 0.2) is 5.75 Å². The number of aromatic nitrogens is 1. The zero-order valence-corrected chi connectivity index (χ0v) is 12.1. The number of nitroso groups, excluding NO2 is 1. The monoisotopic (exact) mass is 314 g/mol.